The number of carbonyl (C=O) groups excluding carboxylic acids is 1. The molecule has 1 amide bonds. The fourth-order valence-electron chi connectivity index (χ4n) is 1.41. The van der Waals surface area contributed by atoms with E-state index >= 15 is 0 Å². The van der Waals surface area contributed by atoms with Crippen LogP contribution in [0, 0.1) is 0 Å². The first-order valence-corrected chi connectivity index (χ1v) is 4.95. The average Bonchev–Trinajstić information content (AvgIpc) is 2.29. The Balaban J connectivity index is 2.41. The summed E-state index contributed by atoms with van der Waals surface area (Å²) in [7, 11) is 0. The van der Waals surface area contributed by atoms with E-state index in [1.165, 1.54) is 0 Å². The van der Waals surface area contributed by atoms with Crippen LogP contribution in [0.15, 0.2) is 30.5 Å². The maximum Gasteiger partial charge on any atom is 0.239 e. The molecule has 1 aromatic carbocycles. The molecule has 1 unspecified atom stereocenters. The molecular formula is C11H12N4O. The van der Waals surface area contributed by atoms with Crippen molar-refractivity contribution >= 4 is 22.5 Å². The molecule has 5 heteroatoms. The summed E-state index contributed by atoms with van der Waals surface area (Å²) in [5.74, 6) is 0.152. The second-order valence-corrected chi connectivity index (χ2v) is 3.55. The summed E-state index contributed by atoms with van der Waals surface area (Å²) in [5.41, 5.74) is 5.18. The molecule has 16 heavy (non-hydrogen) atoms. The van der Waals surface area contributed by atoms with Crippen molar-refractivity contribution in [1.82, 2.24) is 10.2 Å². The Bertz CT molecular complexity index is 521. The van der Waals surface area contributed by atoms with Crippen molar-refractivity contribution in [3.63, 3.8) is 0 Å². The number of hydrogen-bond acceptors (Lipinski definition) is 4. The van der Waals surface area contributed by atoms with Gasteiger partial charge >= 0.3 is 0 Å². The maximum atomic E-state index is 11.0. The van der Waals surface area contributed by atoms with Crippen LogP contribution in [-0.4, -0.2) is 22.1 Å². The van der Waals surface area contributed by atoms with E-state index in [9.17, 15) is 4.79 Å². The second kappa shape index (κ2) is 4.14. The summed E-state index contributed by atoms with van der Waals surface area (Å²) in [5, 5.41) is 12.6. The molecule has 0 saturated carbocycles. The number of primary amides is 1. The van der Waals surface area contributed by atoms with Crippen molar-refractivity contribution in [2.75, 3.05) is 5.32 Å². The van der Waals surface area contributed by atoms with E-state index < -0.39 is 11.9 Å². The van der Waals surface area contributed by atoms with Gasteiger partial charge in [0.25, 0.3) is 0 Å². The minimum Gasteiger partial charge on any atom is -0.368 e. The van der Waals surface area contributed by atoms with E-state index in [0.717, 1.165) is 10.8 Å². The number of rotatable bonds is 3. The van der Waals surface area contributed by atoms with Crippen molar-refractivity contribution < 1.29 is 4.79 Å². The van der Waals surface area contributed by atoms with Gasteiger partial charge in [-0.3, -0.25) is 4.79 Å². The number of hydrogen-bond donors (Lipinski definition) is 2. The Kier molecular flexibility index (Phi) is 2.68. The second-order valence-electron chi connectivity index (χ2n) is 3.55. The zero-order chi connectivity index (χ0) is 11.5. The predicted octanol–water partition coefficient (Wildman–Crippen LogP) is 0.915. The van der Waals surface area contributed by atoms with Crippen LogP contribution in [0.4, 0.5) is 5.82 Å². The van der Waals surface area contributed by atoms with Gasteiger partial charge in [-0.25, -0.2) is 0 Å². The normalized spacial score (nSPS) is 12.3. The summed E-state index contributed by atoms with van der Waals surface area (Å²) in [6.45, 7) is 1.69. The summed E-state index contributed by atoms with van der Waals surface area (Å²) in [6.07, 6.45) is 1.68. The number of aromatic nitrogens is 2. The molecule has 2 rings (SSSR count). The first kappa shape index (κ1) is 10.4. The molecular weight excluding hydrogens is 204 g/mol. The van der Waals surface area contributed by atoms with Gasteiger partial charge in [-0.2, -0.15) is 5.10 Å². The van der Waals surface area contributed by atoms with E-state index in [1.807, 2.05) is 24.3 Å². The first-order valence-electron chi connectivity index (χ1n) is 4.95. The summed E-state index contributed by atoms with van der Waals surface area (Å²) < 4.78 is 0. The van der Waals surface area contributed by atoms with E-state index in [0.29, 0.717) is 5.82 Å². The standard InChI is InChI=1S/C11H12N4O/c1-7(10(12)16)14-11-9-5-3-2-4-8(9)6-13-15-11/h2-7H,1H3,(H2,12,16)(H,14,15). The van der Waals surface area contributed by atoms with Crippen LogP contribution in [-0.2, 0) is 4.79 Å². The summed E-state index contributed by atoms with van der Waals surface area (Å²) in [4.78, 5) is 11.0. The minimum absolute atomic E-state index is 0.422. The molecule has 2 aromatic rings. The van der Waals surface area contributed by atoms with Gasteiger partial charge < -0.3 is 11.1 Å². The van der Waals surface area contributed by atoms with Crippen LogP contribution in [0.5, 0.6) is 0 Å². The lowest BCUT2D eigenvalue weighted by atomic mass is 10.2. The van der Waals surface area contributed by atoms with E-state index in [4.69, 9.17) is 5.73 Å². The zero-order valence-electron chi connectivity index (χ0n) is 8.84. The Hall–Kier alpha value is -2.17. The van der Waals surface area contributed by atoms with Crippen molar-refractivity contribution in [2.24, 2.45) is 5.73 Å². The molecule has 1 atom stereocenters. The Morgan fingerprint density at radius 1 is 1.44 bits per heavy atom. The highest BCUT2D eigenvalue weighted by molar-refractivity contribution is 5.92. The number of anilines is 1. The molecule has 82 valence electrons. The van der Waals surface area contributed by atoms with Crippen LogP contribution in [0.3, 0.4) is 0 Å². The largest absolute Gasteiger partial charge is 0.368 e. The van der Waals surface area contributed by atoms with Gasteiger partial charge in [0.2, 0.25) is 5.91 Å². The molecule has 3 N–H and O–H groups in total. The van der Waals surface area contributed by atoms with Crippen LogP contribution in [0.25, 0.3) is 10.8 Å². The lowest BCUT2D eigenvalue weighted by Gasteiger charge is -2.11. The molecule has 0 aliphatic rings. The number of nitrogens with one attached hydrogen (secondary N) is 1. The molecule has 0 radical (unpaired) electrons. The van der Waals surface area contributed by atoms with Crippen molar-refractivity contribution in [3.8, 4) is 0 Å². The fourth-order valence-corrected chi connectivity index (χ4v) is 1.41. The number of benzene rings is 1. The summed E-state index contributed by atoms with van der Waals surface area (Å²) >= 11 is 0. The summed E-state index contributed by atoms with van der Waals surface area (Å²) in [6, 6.07) is 7.21. The molecule has 0 bridgehead atoms. The van der Waals surface area contributed by atoms with Gasteiger partial charge in [-0.1, -0.05) is 24.3 Å². The third kappa shape index (κ3) is 1.93. The van der Waals surface area contributed by atoms with Crippen LogP contribution in [0.2, 0.25) is 0 Å². The maximum absolute atomic E-state index is 11.0. The van der Waals surface area contributed by atoms with Gasteiger partial charge in [0.15, 0.2) is 5.82 Å². The van der Waals surface area contributed by atoms with Gasteiger partial charge in [0, 0.05) is 10.8 Å². The lowest BCUT2D eigenvalue weighted by molar-refractivity contribution is -0.118. The molecule has 1 aromatic heterocycles. The first-order chi connectivity index (χ1) is 7.68. The predicted molar refractivity (Wildman–Crippen MR) is 61.8 cm³/mol. The Morgan fingerprint density at radius 3 is 2.94 bits per heavy atom. The number of carbonyl (C=O) groups is 1. The lowest BCUT2D eigenvalue weighted by Crippen LogP contribution is -2.32. The van der Waals surface area contributed by atoms with E-state index in [2.05, 4.69) is 15.5 Å². The average molecular weight is 216 g/mol. The minimum atomic E-state index is -0.472. The molecule has 5 nitrogen and oxygen atoms in total. The molecule has 0 saturated heterocycles. The number of amides is 1. The van der Waals surface area contributed by atoms with Gasteiger partial charge in [0.1, 0.15) is 6.04 Å². The Labute approximate surface area is 92.7 Å². The molecule has 1 heterocycles. The van der Waals surface area contributed by atoms with Gasteiger partial charge in [-0.05, 0) is 6.92 Å². The number of nitrogens with zero attached hydrogens (tertiary/aromatic N) is 2. The third-order valence-corrected chi connectivity index (χ3v) is 2.35. The Morgan fingerprint density at radius 2 is 2.19 bits per heavy atom. The highest BCUT2D eigenvalue weighted by Crippen LogP contribution is 2.19. The molecule has 0 aliphatic heterocycles. The topological polar surface area (TPSA) is 80.9 Å². The zero-order valence-corrected chi connectivity index (χ0v) is 8.84. The van der Waals surface area contributed by atoms with Crippen LogP contribution < -0.4 is 11.1 Å². The molecule has 0 aliphatic carbocycles. The quantitative estimate of drug-likeness (QED) is 0.799. The van der Waals surface area contributed by atoms with Crippen molar-refractivity contribution in [3.05, 3.63) is 30.5 Å². The van der Waals surface area contributed by atoms with E-state index in [1.54, 1.807) is 13.1 Å². The molecule has 0 fully saturated rings. The van der Waals surface area contributed by atoms with Crippen molar-refractivity contribution in [1.29, 1.82) is 0 Å². The van der Waals surface area contributed by atoms with Crippen molar-refractivity contribution in [2.45, 2.75) is 13.0 Å². The SMILES string of the molecule is CC(Nc1nncc2ccccc12)C(N)=O. The van der Waals surface area contributed by atoms with Crippen LogP contribution >= 0.6 is 0 Å². The van der Waals surface area contributed by atoms with E-state index in [-0.39, 0.29) is 0 Å². The monoisotopic (exact) mass is 216 g/mol. The number of fused-ring (bicyclic) bond motifs is 1. The highest BCUT2D eigenvalue weighted by Gasteiger charge is 2.10. The fraction of sp³-hybridized carbons (Fsp3) is 0.182. The smallest absolute Gasteiger partial charge is 0.239 e. The van der Waals surface area contributed by atoms with Crippen LogP contribution in [0.1, 0.15) is 6.92 Å². The highest BCUT2D eigenvalue weighted by atomic mass is 16.1. The molecule has 0 spiro atoms. The van der Waals surface area contributed by atoms with Gasteiger partial charge in [0.05, 0.1) is 6.20 Å². The van der Waals surface area contributed by atoms with Gasteiger partial charge in [-0.15, -0.1) is 5.10 Å². The number of nitrogens with two attached hydrogens (primary N) is 1. The third-order valence-electron chi connectivity index (χ3n) is 2.35.